The minimum absolute atomic E-state index is 0.574. The largest absolute Gasteiger partial charge is 0.264 e. The van der Waals surface area contributed by atoms with Gasteiger partial charge in [-0.25, -0.2) is 0 Å². The third kappa shape index (κ3) is 1.34. The van der Waals surface area contributed by atoms with Gasteiger partial charge in [-0.2, -0.15) is 0 Å². The molecule has 2 heteroatoms. The number of nitrogens with zero attached hydrogens (tertiary/aromatic N) is 1. The molecule has 0 aliphatic heterocycles. The van der Waals surface area contributed by atoms with Crippen LogP contribution in [0.4, 0.5) is 0 Å². The van der Waals surface area contributed by atoms with Crippen molar-refractivity contribution in [3.05, 3.63) is 42.2 Å². The Kier molecular flexibility index (Phi) is 2.18. The number of hydrogen-bond donors (Lipinski definition) is 0. The van der Waals surface area contributed by atoms with E-state index in [1.165, 1.54) is 25.7 Å². The van der Waals surface area contributed by atoms with Crippen molar-refractivity contribution < 1.29 is 0 Å². The van der Waals surface area contributed by atoms with E-state index in [9.17, 15) is 0 Å². The number of rotatable bonds is 1. The number of pyridine rings is 1. The van der Waals surface area contributed by atoms with Crippen molar-refractivity contribution >= 4 is 31.5 Å². The summed E-state index contributed by atoms with van der Waals surface area (Å²) in [4.78, 5) is 4.22. The summed E-state index contributed by atoms with van der Waals surface area (Å²) >= 11 is 1.88. The minimum Gasteiger partial charge on any atom is -0.264 e. The predicted octanol–water partition coefficient (Wildman–Crippen LogP) is 4.57. The van der Waals surface area contributed by atoms with Gasteiger partial charge in [0.1, 0.15) is 0 Å². The molecule has 3 rings (SSSR count). The van der Waals surface area contributed by atoms with E-state index in [-0.39, 0.29) is 0 Å². The van der Waals surface area contributed by atoms with E-state index >= 15 is 0 Å². The molecule has 0 bridgehead atoms. The summed E-state index contributed by atoms with van der Waals surface area (Å²) in [6.07, 6.45) is 3.84. The van der Waals surface area contributed by atoms with Crippen LogP contribution in [0.5, 0.6) is 0 Å². The Labute approximate surface area is 98.7 Å². The average Bonchev–Trinajstić information content (AvgIpc) is 2.67. The number of hydrogen-bond acceptors (Lipinski definition) is 2. The first-order valence-electron chi connectivity index (χ1n) is 5.52. The van der Waals surface area contributed by atoms with Crippen molar-refractivity contribution in [1.82, 2.24) is 4.98 Å². The number of fused-ring (bicyclic) bond motifs is 3. The molecule has 0 amide bonds. The van der Waals surface area contributed by atoms with E-state index in [0.29, 0.717) is 5.92 Å². The van der Waals surface area contributed by atoms with E-state index < -0.39 is 0 Å². The molecule has 80 valence electrons. The summed E-state index contributed by atoms with van der Waals surface area (Å²) in [5.74, 6) is 0.574. The second-order valence-corrected chi connectivity index (χ2v) is 5.40. The highest BCUT2D eigenvalue weighted by molar-refractivity contribution is 7.26. The van der Waals surface area contributed by atoms with E-state index in [1.807, 2.05) is 23.7 Å². The van der Waals surface area contributed by atoms with E-state index in [0.717, 1.165) is 0 Å². The van der Waals surface area contributed by atoms with Gasteiger partial charge in [-0.05, 0) is 17.5 Å². The summed E-state index contributed by atoms with van der Waals surface area (Å²) in [6.45, 7) is 4.49. The van der Waals surface area contributed by atoms with Crippen LogP contribution in [0.2, 0.25) is 0 Å². The lowest BCUT2D eigenvalue weighted by Gasteiger charge is -2.05. The Morgan fingerprint density at radius 3 is 2.81 bits per heavy atom. The molecule has 0 unspecified atom stereocenters. The topological polar surface area (TPSA) is 12.9 Å². The fourth-order valence-corrected chi connectivity index (χ4v) is 3.45. The number of benzene rings is 1. The van der Waals surface area contributed by atoms with Crippen LogP contribution < -0.4 is 0 Å². The molecule has 2 aromatic heterocycles. The fraction of sp³-hybridized carbons (Fsp3) is 0.214. The van der Waals surface area contributed by atoms with Crippen molar-refractivity contribution in [2.75, 3.05) is 0 Å². The molecule has 0 aliphatic carbocycles. The molecule has 0 atom stereocenters. The monoisotopic (exact) mass is 227 g/mol. The summed E-state index contributed by atoms with van der Waals surface area (Å²) in [6, 6.07) is 8.68. The molecule has 0 saturated heterocycles. The number of thiophene rings is 1. The first-order chi connectivity index (χ1) is 7.77. The molecule has 1 aromatic carbocycles. The molecule has 0 fully saturated rings. The average molecular weight is 227 g/mol. The molecule has 1 nitrogen and oxygen atoms in total. The molecule has 0 spiro atoms. The highest BCUT2D eigenvalue weighted by Crippen LogP contribution is 2.37. The molecular formula is C14H13NS. The van der Waals surface area contributed by atoms with Crippen LogP contribution in [0.3, 0.4) is 0 Å². The maximum atomic E-state index is 4.22. The quantitative estimate of drug-likeness (QED) is 0.593. The van der Waals surface area contributed by atoms with Gasteiger partial charge in [-0.15, -0.1) is 11.3 Å². The van der Waals surface area contributed by atoms with Crippen LogP contribution in [-0.4, -0.2) is 4.98 Å². The summed E-state index contributed by atoms with van der Waals surface area (Å²) in [7, 11) is 0. The molecular weight excluding hydrogens is 214 g/mol. The zero-order chi connectivity index (χ0) is 11.1. The van der Waals surface area contributed by atoms with Crippen LogP contribution in [0.25, 0.3) is 20.2 Å². The molecule has 0 saturated carbocycles. The van der Waals surface area contributed by atoms with Crippen LogP contribution >= 0.6 is 11.3 Å². The standard InChI is InChI=1S/C14H13NS/c1-9(2)10-4-3-5-11-12-8-15-7-6-13(12)16-14(10)11/h3-9H,1-2H3. The van der Waals surface area contributed by atoms with Crippen molar-refractivity contribution in [2.24, 2.45) is 0 Å². The van der Waals surface area contributed by atoms with Crippen molar-refractivity contribution in [3.8, 4) is 0 Å². The lowest BCUT2D eigenvalue weighted by molar-refractivity contribution is 0.878. The fourth-order valence-electron chi connectivity index (χ4n) is 2.12. The van der Waals surface area contributed by atoms with Gasteiger partial charge in [0.15, 0.2) is 0 Å². The molecule has 3 aromatic rings. The normalized spacial score (nSPS) is 11.7. The van der Waals surface area contributed by atoms with Crippen LogP contribution in [-0.2, 0) is 0 Å². The zero-order valence-corrected chi connectivity index (χ0v) is 10.2. The van der Waals surface area contributed by atoms with Gasteiger partial charge in [0, 0.05) is 32.6 Å². The van der Waals surface area contributed by atoms with Crippen molar-refractivity contribution in [1.29, 1.82) is 0 Å². The van der Waals surface area contributed by atoms with Crippen LogP contribution in [0.1, 0.15) is 25.3 Å². The maximum absolute atomic E-state index is 4.22. The van der Waals surface area contributed by atoms with E-state index in [4.69, 9.17) is 0 Å². The van der Waals surface area contributed by atoms with E-state index in [1.54, 1.807) is 0 Å². The maximum Gasteiger partial charge on any atom is 0.0390 e. The number of aromatic nitrogens is 1. The van der Waals surface area contributed by atoms with Crippen LogP contribution in [0.15, 0.2) is 36.7 Å². The molecule has 0 N–H and O–H groups in total. The lowest BCUT2D eigenvalue weighted by Crippen LogP contribution is -1.85. The van der Waals surface area contributed by atoms with Gasteiger partial charge < -0.3 is 0 Å². The molecule has 2 heterocycles. The summed E-state index contributed by atoms with van der Waals surface area (Å²) < 4.78 is 2.75. The van der Waals surface area contributed by atoms with Gasteiger partial charge in [-0.1, -0.05) is 32.0 Å². The SMILES string of the molecule is CC(C)c1cccc2c1sc1ccncc12. The second kappa shape index (κ2) is 3.56. The Hall–Kier alpha value is -1.41. The van der Waals surface area contributed by atoms with E-state index in [2.05, 4.69) is 43.1 Å². The third-order valence-electron chi connectivity index (χ3n) is 2.95. The highest BCUT2D eigenvalue weighted by atomic mass is 32.1. The second-order valence-electron chi connectivity index (χ2n) is 4.35. The van der Waals surface area contributed by atoms with Crippen molar-refractivity contribution in [3.63, 3.8) is 0 Å². The Balaban J connectivity index is 2.49. The third-order valence-corrected chi connectivity index (χ3v) is 4.19. The molecule has 16 heavy (non-hydrogen) atoms. The minimum atomic E-state index is 0.574. The van der Waals surface area contributed by atoms with Gasteiger partial charge in [0.2, 0.25) is 0 Å². The Morgan fingerprint density at radius 1 is 1.12 bits per heavy atom. The summed E-state index contributed by atoms with van der Waals surface area (Å²) in [5.41, 5.74) is 1.44. The van der Waals surface area contributed by atoms with Crippen molar-refractivity contribution in [2.45, 2.75) is 19.8 Å². The Bertz CT molecular complexity index is 652. The van der Waals surface area contributed by atoms with Gasteiger partial charge in [-0.3, -0.25) is 4.98 Å². The molecule has 0 aliphatic rings. The Morgan fingerprint density at radius 2 is 2.00 bits per heavy atom. The zero-order valence-electron chi connectivity index (χ0n) is 9.40. The smallest absolute Gasteiger partial charge is 0.0390 e. The van der Waals surface area contributed by atoms with Gasteiger partial charge >= 0.3 is 0 Å². The van der Waals surface area contributed by atoms with Gasteiger partial charge in [0.05, 0.1) is 0 Å². The molecule has 0 radical (unpaired) electrons. The van der Waals surface area contributed by atoms with Crippen LogP contribution in [0, 0.1) is 0 Å². The predicted molar refractivity (Wildman–Crippen MR) is 71.2 cm³/mol. The van der Waals surface area contributed by atoms with Gasteiger partial charge in [0.25, 0.3) is 0 Å². The lowest BCUT2D eigenvalue weighted by atomic mass is 10.0. The first-order valence-corrected chi connectivity index (χ1v) is 6.34. The highest BCUT2D eigenvalue weighted by Gasteiger charge is 2.10. The first kappa shape index (κ1) is 9.79. The summed E-state index contributed by atoms with van der Waals surface area (Å²) in [5, 5.41) is 2.63.